The second kappa shape index (κ2) is 6.24. The third-order valence-electron chi connectivity index (χ3n) is 2.58. The first-order valence-electron chi connectivity index (χ1n) is 6.51. The summed E-state index contributed by atoms with van der Waals surface area (Å²) >= 11 is 0. The topological polar surface area (TPSA) is 38.5 Å². The minimum Gasteiger partial charge on any atom is -0.444 e. The lowest BCUT2D eigenvalue weighted by Crippen LogP contribution is -2.28. The molecular weight excluding hydrogens is 218 g/mol. The lowest BCUT2D eigenvalue weighted by atomic mass is 10.2. The van der Waals surface area contributed by atoms with Gasteiger partial charge >= 0.3 is 6.09 Å². The van der Waals surface area contributed by atoms with Gasteiger partial charge in [0.2, 0.25) is 0 Å². The fourth-order valence-electron chi connectivity index (χ4n) is 1.54. The maximum Gasteiger partial charge on any atom is 0.410 e. The Hall–Kier alpha value is -0.770. The van der Waals surface area contributed by atoms with E-state index in [1.165, 1.54) is 0 Å². The Morgan fingerprint density at radius 1 is 1.35 bits per heavy atom. The Labute approximate surface area is 104 Å². The molecule has 1 aliphatic heterocycles. The van der Waals surface area contributed by atoms with Gasteiger partial charge in [-0.15, -0.1) is 0 Å². The predicted octanol–water partition coefficient (Wildman–Crippen LogP) is 2.81. The summed E-state index contributed by atoms with van der Waals surface area (Å²) in [5.41, 5.74) is -0.401. The van der Waals surface area contributed by atoms with Crippen LogP contribution >= 0.6 is 0 Å². The van der Waals surface area contributed by atoms with Gasteiger partial charge in [-0.1, -0.05) is 13.3 Å². The van der Waals surface area contributed by atoms with E-state index < -0.39 is 5.60 Å². The molecule has 1 unspecified atom stereocenters. The smallest absolute Gasteiger partial charge is 0.410 e. The van der Waals surface area contributed by atoms with E-state index in [-0.39, 0.29) is 6.09 Å². The van der Waals surface area contributed by atoms with Gasteiger partial charge < -0.3 is 14.4 Å². The van der Waals surface area contributed by atoms with Gasteiger partial charge in [-0.3, -0.25) is 0 Å². The van der Waals surface area contributed by atoms with Crippen LogP contribution in [-0.4, -0.2) is 42.4 Å². The molecule has 0 spiro atoms. The van der Waals surface area contributed by atoms with Crippen LogP contribution < -0.4 is 0 Å². The second-order valence-corrected chi connectivity index (χ2v) is 5.54. The molecule has 17 heavy (non-hydrogen) atoms. The van der Waals surface area contributed by atoms with E-state index in [9.17, 15) is 4.79 Å². The maximum absolute atomic E-state index is 11.6. The maximum atomic E-state index is 11.6. The summed E-state index contributed by atoms with van der Waals surface area (Å²) in [6, 6.07) is 0.325. The second-order valence-electron chi connectivity index (χ2n) is 5.54. The van der Waals surface area contributed by atoms with E-state index in [0.717, 1.165) is 39.0 Å². The zero-order valence-corrected chi connectivity index (χ0v) is 11.5. The molecule has 1 aliphatic rings. The van der Waals surface area contributed by atoms with Gasteiger partial charge in [0.1, 0.15) is 5.60 Å². The number of nitrogens with zero attached hydrogens (tertiary/aromatic N) is 1. The number of rotatable bonds is 6. The Kier molecular flexibility index (Phi) is 5.25. The highest BCUT2D eigenvalue weighted by Crippen LogP contribution is 2.24. The van der Waals surface area contributed by atoms with Crippen LogP contribution in [0.3, 0.4) is 0 Å². The number of amides is 1. The number of hydrogen-bond donors (Lipinski definition) is 0. The van der Waals surface area contributed by atoms with Gasteiger partial charge in [0.25, 0.3) is 0 Å². The van der Waals surface area contributed by atoms with Crippen molar-refractivity contribution >= 4 is 6.09 Å². The van der Waals surface area contributed by atoms with Crippen LogP contribution in [-0.2, 0) is 9.47 Å². The summed E-state index contributed by atoms with van der Waals surface area (Å²) in [5, 5.41) is 0. The first-order valence-corrected chi connectivity index (χ1v) is 6.51. The van der Waals surface area contributed by atoms with Gasteiger partial charge in [-0.05, 0) is 33.6 Å². The highest BCUT2D eigenvalue weighted by Gasteiger charge is 2.40. The number of carbonyl (C=O) groups is 1. The summed E-state index contributed by atoms with van der Waals surface area (Å²) in [4.78, 5) is 13.4. The monoisotopic (exact) mass is 243 g/mol. The van der Waals surface area contributed by atoms with E-state index in [1.54, 1.807) is 4.90 Å². The summed E-state index contributed by atoms with van der Waals surface area (Å²) in [7, 11) is 0. The molecule has 0 aromatic carbocycles. The van der Waals surface area contributed by atoms with Crippen LogP contribution in [0.25, 0.3) is 0 Å². The molecule has 0 saturated carbocycles. The normalized spacial score (nSPS) is 19.3. The number of unbranched alkanes of at least 4 members (excludes halogenated alkanes) is 1. The average Bonchev–Trinajstić information content (AvgIpc) is 2.94. The molecule has 100 valence electrons. The largest absolute Gasteiger partial charge is 0.444 e. The van der Waals surface area contributed by atoms with Crippen molar-refractivity contribution in [3.05, 3.63) is 0 Å². The lowest BCUT2D eigenvalue weighted by Gasteiger charge is -2.19. The van der Waals surface area contributed by atoms with Gasteiger partial charge in [0.05, 0.1) is 6.04 Å². The first kappa shape index (κ1) is 14.3. The quantitative estimate of drug-likeness (QED) is 0.532. The third-order valence-corrected chi connectivity index (χ3v) is 2.58. The van der Waals surface area contributed by atoms with Crippen LogP contribution in [0, 0.1) is 0 Å². The fraction of sp³-hybridized carbons (Fsp3) is 0.923. The molecule has 1 saturated heterocycles. The molecule has 0 aromatic rings. The standard InChI is InChI=1S/C13H25NO3/c1-5-6-8-16-9-7-11-10-14(11)12(15)17-13(2,3)4/h11H,5-10H2,1-4H3. The fourth-order valence-corrected chi connectivity index (χ4v) is 1.54. The summed E-state index contributed by atoms with van der Waals surface area (Å²) in [6.45, 7) is 10.2. The minimum atomic E-state index is -0.401. The van der Waals surface area contributed by atoms with E-state index in [4.69, 9.17) is 9.47 Å². The molecule has 1 rings (SSSR count). The molecule has 0 aliphatic carbocycles. The first-order chi connectivity index (χ1) is 7.94. The molecule has 1 amide bonds. The van der Waals surface area contributed by atoms with Crippen molar-refractivity contribution < 1.29 is 14.3 Å². The number of hydrogen-bond acceptors (Lipinski definition) is 3. The van der Waals surface area contributed by atoms with Gasteiger partial charge in [-0.2, -0.15) is 0 Å². The molecule has 4 nitrogen and oxygen atoms in total. The van der Waals surface area contributed by atoms with Gasteiger partial charge in [-0.25, -0.2) is 4.79 Å². The van der Waals surface area contributed by atoms with Crippen LogP contribution in [0.2, 0.25) is 0 Å². The molecule has 0 aromatic heterocycles. The molecular formula is C13H25NO3. The highest BCUT2D eigenvalue weighted by molar-refractivity contribution is 5.71. The highest BCUT2D eigenvalue weighted by atomic mass is 16.6. The third kappa shape index (κ3) is 5.91. The van der Waals surface area contributed by atoms with Crippen LogP contribution in [0.15, 0.2) is 0 Å². The van der Waals surface area contributed by atoms with E-state index in [2.05, 4.69) is 6.92 Å². The van der Waals surface area contributed by atoms with Gasteiger partial charge in [0.15, 0.2) is 0 Å². The number of ether oxygens (including phenoxy) is 2. The molecule has 1 atom stereocenters. The SMILES string of the molecule is CCCCOCCC1CN1C(=O)OC(C)(C)C. The van der Waals surface area contributed by atoms with Crippen molar-refractivity contribution in [1.29, 1.82) is 0 Å². The predicted molar refractivity (Wildman–Crippen MR) is 67.1 cm³/mol. The van der Waals surface area contributed by atoms with Crippen LogP contribution in [0.4, 0.5) is 4.79 Å². The number of carbonyl (C=O) groups excluding carboxylic acids is 1. The Morgan fingerprint density at radius 2 is 2.06 bits per heavy atom. The minimum absolute atomic E-state index is 0.198. The van der Waals surface area contributed by atoms with Crippen molar-refractivity contribution in [3.63, 3.8) is 0 Å². The molecule has 1 fully saturated rings. The Bertz CT molecular complexity index is 248. The van der Waals surface area contributed by atoms with Crippen molar-refractivity contribution in [2.75, 3.05) is 19.8 Å². The summed E-state index contributed by atoms with van der Waals surface area (Å²) in [6.07, 6.45) is 2.99. The Balaban J connectivity index is 2.06. The van der Waals surface area contributed by atoms with Gasteiger partial charge in [0, 0.05) is 19.8 Å². The van der Waals surface area contributed by atoms with E-state index in [0.29, 0.717) is 6.04 Å². The molecule has 0 bridgehead atoms. The van der Waals surface area contributed by atoms with Crippen molar-refractivity contribution in [1.82, 2.24) is 4.90 Å². The van der Waals surface area contributed by atoms with Crippen molar-refractivity contribution in [2.24, 2.45) is 0 Å². The van der Waals surface area contributed by atoms with Crippen molar-refractivity contribution in [2.45, 2.75) is 58.6 Å². The Morgan fingerprint density at radius 3 is 2.65 bits per heavy atom. The average molecular weight is 243 g/mol. The lowest BCUT2D eigenvalue weighted by molar-refractivity contribution is 0.0398. The van der Waals surface area contributed by atoms with Crippen molar-refractivity contribution in [3.8, 4) is 0 Å². The summed E-state index contributed by atoms with van der Waals surface area (Å²) in [5.74, 6) is 0. The molecule has 0 N–H and O–H groups in total. The summed E-state index contributed by atoms with van der Waals surface area (Å²) < 4.78 is 10.8. The zero-order chi connectivity index (χ0) is 12.9. The van der Waals surface area contributed by atoms with E-state index >= 15 is 0 Å². The molecule has 4 heteroatoms. The van der Waals surface area contributed by atoms with E-state index in [1.807, 2.05) is 20.8 Å². The molecule has 1 heterocycles. The zero-order valence-electron chi connectivity index (χ0n) is 11.5. The van der Waals surface area contributed by atoms with Crippen LogP contribution in [0.5, 0.6) is 0 Å². The molecule has 0 radical (unpaired) electrons. The van der Waals surface area contributed by atoms with Crippen LogP contribution in [0.1, 0.15) is 47.0 Å².